The van der Waals surface area contributed by atoms with Crippen molar-refractivity contribution in [2.24, 2.45) is 11.8 Å². The van der Waals surface area contributed by atoms with Gasteiger partial charge in [-0.25, -0.2) is 0 Å². The minimum atomic E-state index is -4.45. The first kappa shape index (κ1) is 17.1. The van der Waals surface area contributed by atoms with Crippen molar-refractivity contribution in [2.75, 3.05) is 13.1 Å². The van der Waals surface area contributed by atoms with Crippen LogP contribution in [0.2, 0.25) is 5.02 Å². The summed E-state index contributed by atoms with van der Waals surface area (Å²) in [7, 11) is 0. The van der Waals surface area contributed by atoms with Crippen LogP contribution in [0.15, 0.2) is 18.2 Å². The fourth-order valence-electron chi connectivity index (χ4n) is 2.93. The Kier molecular flexibility index (Phi) is 5.02. The summed E-state index contributed by atoms with van der Waals surface area (Å²) in [6.07, 6.45) is -3.85. The highest BCUT2D eigenvalue weighted by Gasteiger charge is 2.32. The number of carbonyl (C=O) groups is 1. The van der Waals surface area contributed by atoms with Crippen LogP contribution in [0, 0.1) is 11.8 Å². The number of benzene rings is 1. The van der Waals surface area contributed by atoms with Crippen molar-refractivity contribution in [3.8, 4) is 0 Å². The van der Waals surface area contributed by atoms with Crippen molar-refractivity contribution in [3.63, 3.8) is 0 Å². The molecule has 0 aromatic heterocycles. The molecule has 1 aliphatic rings. The first-order valence-corrected chi connectivity index (χ1v) is 7.34. The van der Waals surface area contributed by atoms with E-state index in [-0.39, 0.29) is 17.5 Å². The van der Waals surface area contributed by atoms with E-state index in [0.717, 1.165) is 12.1 Å². The van der Waals surface area contributed by atoms with Crippen molar-refractivity contribution in [1.29, 1.82) is 0 Å². The van der Waals surface area contributed by atoms with Crippen molar-refractivity contribution < 1.29 is 23.1 Å². The highest BCUT2D eigenvalue weighted by molar-refractivity contribution is 6.30. The Morgan fingerprint density at radius 3 is 2.64 bits per heavy atom. The number of halogens is 4. The summed E-state index contributed by atoms with van der Waals surface area (Å²) < 4.78 is 38.4. The molecule has 0 amide bonds. The summed E-state index contributed by atoms with van der Waals surface area (Å²) >= 11 is 5.77. The Morgan fingerprint density at radius 2 is 2.05 bits per heavy atom. The normalized spacial score (nSPS) is 23.5. The summed E-state index contributed by atoms with van der Waals surface area (Å²) in [6, 6.07) is 3.46. The van der Waals surface area contributed by atoms with Crippen LogP contribution >= 0.6 is 11.6 Å². The lowest BCUT2D eigenvalue weighted by atomic mass is 9.90. The molecule has 7 heteroatoms. The first-order chi connectivity index (χ1) is 10.1. The Hall–Kier alpha value is -1.27. The lowest BCUT2D eigenvalue weighted by molar-refractivity contribution is -0.144. The van der Waals surface area contributed by atoms with Crippen molar-refractivity contribution >= 4 is 17.6 Å². The molecule has 0 aliphatic carbocycles. The molecule has 0 saturated carbocycles. The van der Waals surface area contributed by atoms with E-state index < -0.39 is 23.6 Å². The van der Waals surface area contributed by atoms with Gasteiger partial charge in [-0.3, -0.25) is 9.69 Å². The molecule has 1 fully saturated rings. The SMILES string of the molecule is CC1CC(C(=O)O)CN(Cc2cc(Cl)cc(C(F)(F)F)c2)C1. The highest BCUT2D eigenvalue weighted by atomic mass is 35.5. The minimum absolute atomic E-state index is 0.0321. The van der Waals surface area contributed by atoms with Gasteiger partial charge in [0.25, 0.3) is 0 Å². The fourth-order valence-corrected chi connectivity index (χ4v) is 3.19. The fraction of sp³-hybridized carbons (Fsp3) is 0.533. The van der Waals surface area contributed by atoms with Crippen molar-refractivity contribution in [2.45, 2.75) is 26.1 Å². The average molecular weight is 336 g/mol. The van der Waals surface area contributed by atoms with Crippen LogP contribution in [0.1, 0.15) is 24.5 Å². The summed E-state index contributed by atoms with van der Waals surface area (Å²) in [5, 5.41) is 9.17. The van der Waals surface area contributed by atoms with Gasteiger partial charge in [0.2, 0.25) is 0 Å². The largest absolute Gasteiger partial charge is 0.481 e. The second-order valence-electron chi connectivity index (χ2n) is 5.92. The molecule has 1 aromatic rings. The number of hydrogen-bond donors (Lipinski definition) is 1. The number of likely N-dealkylation sites (tertiary alicyclic amines) is 1. The van der Waals surface area contributed by atoms with Gasteiger partial charge in [-0.2, -0.15) is 13.2 Å². The number of rotatable bonds is 3. The van der Waals surface area contributed by atoms with Gasteiger partial charge in [0.1, 0.15) is 0 Å². The average Bonchev–Trinajstić information content (AvgIpc) is 2.36. The van der Waals surface area contributed by atoms with Crippen molar-refractivity contribution in [3.05, 3.63) is 34.3 Å². The van der Waals surface area contributed by atoms with Crippen molar-refractivity contribution in [1.82, 2.24) is 4.90 Å². The minimum Gasteiger partial charge on any atom is -0.481 e. The molecule has 2 atom stereocenters. The monoisotopic (exact) mass is 335 g/mol. The van der Waals surface area contributed by atoms with Crippen LogP contribution in [0.5, 0.6) is 0 Å². The quantitative estimate of drug-likeness (QED) is 0.910. The van der Waals surface area contributed by atoms with Gasteiger partial charge in [-0.05, 0) is 36.1 Å². The summed E-state index contributed by atoms with van der Waals surface area (Å²) in [6.45, 7) is 3.21. The predicted molar refractivity (Wildman–Crippen MR) is 76.6 cm³/mol. The number of aliphatic carboxylic acids is 1. The standard InChI is InChI=1S/C15H17ClF3NO2/c1-9-2-11(14(21)22)8-20(6-9)7-10-3-12(15(17,18)19)5-13(16)4-10/h3-5,9,11H,2,6-8H2,1H3,(H,21,22). The van der Waals surface area contributed by atoms with E-state index in [2.05, 4.69) is 0 Å². The third-order valence-electron chi connectivity index (χ3n) is 3.78. The molecule has 1 N–H and O–H groups in total. The molecule has 1 saturated heterocycles. The second-order valence-corrected chi connectivity index (χ2v) is 6.35. The van der Waals surface area contributed by atoms with Gasteiger partial charge in [-0.15, -0.1) is 0 Å². The topological polar surface area (TPSA) is 40.5 Å². The van der Waals surface area contributed by atoms with Gasteiger partial charge in [0, 0.05) is 24.7 Å². The molecule has 0 radical (unpaired) electrons. The number of hydrogen-bond acceptors (Lipinski definition) is 2. The Bertz CT molecular complexity index is 562. The number of carboxylic acids is 1. The van der Waals surface area contributed by atoms with Crippen LogP contribution in [0.4, 0.5) is 13.2 Å². The summed E-state index contributed by atoms with van der Waals surface area (Å²) in [5.41, 5.74) is -0.340. The lowest BCUT2D eigenvalue weighted by Crippen LogP contribution is -2.41. The molecule has 0 bridgehead atoms. The Labute approximate surface area is 131 Å². The smallest absolute Gasteiger partial charge is 0.416 e. The maximum atomic E-state index is 12.8. The zero-order chi connectivity index (χ0) is 16.5. The van der Waals surface area contributed by atoms with E-state index >= 15 is 0 Å². The van der Waals surface area contributed by atoms with Crippen LogP contribution < -0.4 is 0 Å². The van der Waals surface area contributed by atoms with Gasteiger partial charge >= 0.3 is 12.1 Å². The van der Waals surface area contributed by atoms with Gasteiger partial charge < -0.3 is 5.11 Å². The van der Waals surface area contributed by atoms with E-state index in [4.69, 9.17) is 16.7 Å². The maximum absolute atomic E-state index is 12.8. The van der Waals surface area contributed by atoms with Crippen LogP contribution in [-0.2, 0) is 17.5 Å². The maximum Gasteiger partial charge on any atom is 0.416 e. The van der Waals surface area contributed by atoms with E-state index in [1.165, 1.54) is 6.07 Å². The third kappa shape index (κ3) is 4.36. The molecule has 122 valence electrons. The van der Waals surface area contributed by atoms with Gasteiger partial charge in [0.05, 0.1) is 11.5 Å². The van der Waals surface area contributed by atoms with Crippen LogP contribution in [0.3, 0.4) is 0 Å². The number of piperidine rings is 1. The molecule has 3 nitrogen and oxygen atoms in total. The van der Waals surface area contributed by atoms with E-state index in [0.29, 0.717) is 25.1 Å². The van der Waals surface area contributed by atoms with E-state index in [9.17, 15) is 18.0 Å². The molecule has 22 heavy (non-hydrogen) atoms. The van der Waals surface area contributed by atoms with Gasteiger partial charge in [0.15, 0.2) is 0 Å². The molecule has 2 rings (SSSR count). The number of alkyl halides is 3. The number of carboxylic acid groups (broad SMARTS) is 1. The van der Waals surface area contributed by atoms with Crippen LogP contribution in [0.25, 0.3) is 0 Å². The third-order valence-corrected chi connectivity index (χ3v) is 3.99. The lowest BCUT2D eigenvalue weighted by Gasteiger charge is -2.34. The van der Waals surface area contributed by atoms with Crippen LogP contribution in [-0.4, -0.2) is 29.1 Å². The Balaban J connectivity index is 2.16. The summed E-state index contributed by atoms with van der Waals surface area (Å²) in [5.74, 6) is -1.15. The zero-order valence-corrected chi connectivity index (χ0v) is 12.8. The highest BCUT2D eigenvalue weighted by Crippen LogP contribution is 2.32. The summed E-state index contributed by atoms with van der Waals surface area (Å²) in [4.78, 5) is 13.0. The Morgan fingerprint density at radius 1 is 1.36 bits per heavy atom. The second kappa shape index (κ2) is 6.46. The molecule has 2 unspecified atom stereocenters. The predicted octanol–water partition coefficient (Wildman–Crippen LogP) is 3.90. The number of nitrogens with zero attached hydrogens (tertiary/aromatic N) is 1. The molecular weight excluding hydrogens is 319 g/mol. The molecule has 1 heterocycles. The first-order valence-electron chi connectivity index (χ1n) is 6.97. The molecule has 1 aliphatic heterocycles. The molecule has 0 spiro atoms. The van der Waals surface area contributed by atoms with E-state index in [1.54, 1.807) is 0 Å². The zero-order valence-electron chi connectivity index (χ0n) is 12.0. The molecular formula is C15H17ClF3NO2. The van der Waals surface area contributed by atoms with E-state index in [1.807, 2.05) is 11.8 Å². The van der Waals surface area contributed by atoms with Gasteiger partial charge in [-0.1, -0.05) is 18.5 Å². The molecule has 1 aromatic carbocycles.